The summed E-state index contributed by atoms with van der Waals surface area (Å²) in [4.78, 5) is 2.31. The molecule has 0 radical (unpaired) electrons. The van der Waals surface area contributed by atoms with Crippen LogP contribution in [0.15, 0.2) is 24.3 Å². The maximum atomic E-state index is 8.59. The molecule has 3 nitrogen and oxygen atoms in total. The molecule has 0 aliphatic carbocycles. The number of likely N-dealkylation sites (N-methyl/N-ethyl adjacent to an activating group) is 1. The first kappa shape index (κ1) is 15.5. The molecule has 1 aromatic carbocycles. The zero-order valence-electron chi connectivity index (χ0n) is 12.1. The zero-order chi connectivity index (χ0) is 13.9. The molecule has 0 aliphatic heterocycles. The van der Waals surface area contributed by atoms with Crippen LogP contribution in [-0.2, 0) is 6.42 Å². The Morgan fingerprint density at radius 1 is 1.16 bits per heavy atom. The fourth-order valence-electron chi connectivity index (χ4n) is 1.86. The van der Waals surface area contributed by atoms with Gasteiger partial charge in [-0.2, -0.15) is 5.26 Å². The van der Waals surface area contributed by atoms with Gasteiger partial charge < -0.3 is 9.64 Å². The zero-order valence-corrected chi connectivity index (χ0v) is 12.1. The quantitative estimate of drug-likeness (QED) is 0.639. The molecule has 0 saturated carbocycles. The van der Waals surface area contributed by atoms with Crippen molar-refractivity contribution in [3.05, 3.63) is 29.8 Å². The van der Waals surface area contributed by atoms with Gasteiger partial charge in [0.05, 0.1) is 12.5 Å². The minimum atomic E-state index is 0.459. The Kier molecular flexibility index (Phi) is 7.69. The second-order valence-corrected chi connectivity index (χ2v) is 4.84. The van der Waals surface area contributed by atoms with E-state index in [1.165, 1.54) is 19.3 Å². The number of hydrogen-bond acceptors (Lipinski definition) is 3. The van der Waals surface area contributed by atoms with Crippen molar-refractivity contribution < 1.29 is 4.74 Å². The Labute approximate surface area is 116 Å². The van der Waals surface area contributed by atoms with Crippen LogP contribution in [0.4, 0.5) is 0 Å². The summed E-state index contributed by atoms with van der Waals surface area (Å²) in [7, 11) is 2.13. The van der Waals surface area contributed by atoms with Crippen molar-refractivity contribution in [2.45, 2.75) is 32.6 Å². The fraction of sp³-hybridized carbons (Fsp3) is 0.562. The fourth-order valence-corrected chi connectivity index (χ4v) is 1.86. The van der Waals surface area contributed by atoms with Gasteiger partial charge in [0.2, 0.25) is 0 Å². The average molecular weight is 260 g/mol. The highest BCUT2D eigenvalue weighted by molar-refractivity contribution is 5.28. The Morgan fingerprint density at radius 2 is 1.89 bits per heavy atom. The molecule has 0 aliphatic rings. The summed E-state index contributed by atoms with van der Waals surface area (Å²) >= 11 is 0. The second-order valence-electron chi connectivity index (χ2n) is 4.84. The molecule has 0 aromatic heterocycles. The third-order valence-corrected chi connectivity index (χ3v) is 3.09. The minimum absolute atomic E-state index is 0.459. The molecule has 1 rings (SSSR count). The summed E-state index contributed by atoms with van der Waals surface area (Å²) in [6.45, 7) is 5.02. The molecule has 1 aromatic rings. The molecular weight excluding hydrogens is 236 g/mol. The predicted molar refractivity (Wildman–Crippen MR) is 78.3 cm³/mol. The van der Waals surface area contributed by atoms with Crippen LogP contribution in [0.25, 0.3) is 0 Å². The normalized spacial score (nSPS) is 10.4. The first-order valence-corrected chi connectivity index (χ1v) is 7.03. The molecule has 0 bridgehead atoms. The maximum Gasteiger partial charge on any atom is 0.119 e. The lowest BCUT2D eigenvalue weighted by Gasteiger charge is -2.16. The molecule has 104 valence electrons. The van der Waals surface area contributed by atoms with Gasteiger partial charge in [-0.1, -0.05) is 31.9 Å². The van der Waals surface area contributed by atoms with Crippen LogP contribution in [0.5, 0.6) is 5.75 Å². The highest BCUT2D eigenvalue weighted by atomic mass is 16.5. The van der Waals surface area contributed by atoms with E-state index in [4.69, 9.17) is 10.00 Å². The first-order valence-electron chi connectivity index (χ1n) is 7.03. The van der Waals surface area contributed by atoms with E-state index in [0.717, 1.165) is 24.4 Å². The number of unbranched alkanes of at least 4 members (excludes halogenated alkanes) is 2. The van der Waals surface area contributed by atoms with Crippen LogP contribution in [0, 0.1) is 11.3 Å². The van der Waals surface area contributed by atoms with Crippen molar-refractivity contribution in [1.82, 2.24) is 4.90 Å². The summed E-state index contributed by atoms with van der Waals surface area (Å²) in [5.74, 6) is 0.878. The van der Waals surface area contributed by atoms with Crippen LogP contribution < -0.4 is 4.74 Å². The second kappa shape index (κ2) is 9.41. The number of nitrogens with zero attached hydrogens (tertiary/aromatic N) is 2. The van der Waals surface area contributed by atoms with Gasteiger partial charge in [-0.25, -0.2) is 0 Å². The van der Waals surface area contributed by atoms with Crippen LogP contribution >= 0.6 is 0 Å². The molecule has 0 unspecified atom stereocenters. The lowest BCUT2D eigenvalue weighted by Crippen LogP contribution is -2.25. The lowest BCUT2D eigenvalue weighted by atomic mass is 10.2. The molecule has 0 N–H and O–H groups in total. The Morgan fingerprint density at radius 3 is 2.53 bits per heavy atom. The molecule has 0 saturated heterocycles. The smallest absolute Gasteiger partial charge is 0.119 e. The largest absolute Gasteiger partial charge is 0.492 e. The minimum Gasteiger partial charge on any atom is -0.492 e. The summed E-state index contributed by atoms with van der Waals surface area (Å²) in [5, 5.41) is 8.59. The SMILES string of the molecule is CCCCCN(C)CCOc1ccc(CC#N)cc1. The van der Waals surface area contributed by atoms with Gasteiger partial charge in [0.1, 0.15) is 12.4 Å². The van der Waals surface area contributed by atoms with Crippen molar-refractivity contribution >= 4 is 0 Å². The van der Waals surface area contributed by atoms with Crippen molar-refractivity contribution in [1.29, 1.82) is 5.26 Å². The number of benzene rings is 1. The Balaban J connectivity index is 2.20. The van der Waals surface area contributed by atoms with Gasteiger partial charge in [0, 0.05) is 6.54 Å². The van der Waals surface area contributed by atoms with Gasteiger partial charge in [-0.15, -0.1) is 0 Å². The van der Waals surface area contributed by atoms with Gasteiger partial charge in [-0.3, -0.25) is 0 Å². The highest BCUT2D eigenvalue weighted by Gasteiger charge is 1.99. The third-order valence-electron chi connectivity index (χ3n) is 3.09. The van der Waals surface area contributed by atoms with Crippen molar-refractivity contribution in [2.24, 2.45) is 0 Å². The summed E-state index contributed by atoms with van der Waals surface area (Å²) < 4.78 is 5.69. The molecule has 0 fully saturated rings. The van der Waals surface area contributed by atoms with Gasteiger partial charge >= 0.3 is 0 Å². The lowest BCUT2D eigenvalue weighted by molar-refractivity contribution is 0.235. The summed E-state index contributed by atoms with van der Waals surface area (Å²) in [6, 6.07) is 9.90. The van der Waals surface area contributed by atoms with Crippen LogP contribution in [0.2, 0.25) is 0 Å². The van der Waals surface area contributed by atoms with E-state index in [-0.39, 0.29) is 0 Å². The topological polar surface area (TPSA) is 36.3 Å². The molecule has 19 heavy (non-hydrogen) atoms. The maximum absolute atomic E-state index is 8.59. The average Bonchev–Trinajstić information content (AvgIpc) is 2.41. The van der Waals surface area contributed by atoms with Crippen molar-refractivity contribution in [3.8, 4) is 11.8 Å². The van der Waals surface area contributed by atoms with E-state index in [9.17, 15) is 0 Å². The van der Waals surface area contributed by atoms with E-state index in [0.29, 0.717) is 13.0 Å². The Hall–Kier alpha value is -1.53. The molecule has 0 spiro atoms. The summed E-state index contributed by atoms with van der Waals surface area (Å²) in [5.41, 5.74) is 1.03. The highest BCUT2D eigenvalue weighted by Crippen LogP contribution is 2.12. The van der Waals surface area contributed by atoms with Crippen molar-refractivity contribution in [2.75, 3.05) is 26.7 Å². The van der Waals surface area contributed by atoms with Crippen LogP contribution in [0.1, 0.15) is 31.7 Å². The number of nitriles is 1. The third kappa shape index (κ3) is 6.83. The van der Waals surface area contributed by atoms with Crippen LogP contribution in [-0.4, -0.2) is 31.6 Å². The van der Waals surface area contributed by atoms with E-state index in [2.05, 4.69) is 24.9 Å². The monoisotopic (exact) mass is 260 g/mol. The van der Waals surface area contributed by atoms with Gasteiger partial charge in [0.25, 0.3) is 0 Å². The van der Waals surface area contributed by atoms with E-state index >= 15 is 0 Å². The van der Waals surface area contributed by atoms with Crippen LogP contribution in [0.3, 0.4) is 0 Å². The van der Waals surface area contributed by atoms with Gasteiger partial charge in [-0.05, 0) is 37.7 Å². The molecular formula is C16H24N2O. The summed E-state index contributed by atoms with van der Waals surface area (Å²) in [6.07, 6.45) is 4.28. The first-order chi connectivity index (χ1) is 9.26. The molecule has 3 heteroatoms. The standard InChI is InChI=1S/C16H24N2O/c1-3-4-5-12-18(2)13-14-19-16-8-6-15(7-9-16)10-11-17/h6-9H,3-5,10,12-14H2,1-2H3. The predicted octanol–water partition coefficient (Wildman–Crippen LogP) is 3.25. The number of ether oxygens (including phenoxy) is 1. The Bertz CT molecular complexity index is 381. The van der Waals surface area contributed by atoms with E-state index < -0.39 is 0 Å². The van der Waals surface area contributed by atoms with Crippen molar-refractivity contribution in [3.63, 3.8) is 0 Å². The van der Waals surface area contributed by atoms with Gasteiger partial charge in [0.15, 0.2) is 0 Å². The molecule has 0 heterocycles. The number of rotatable bonds is 9. The van der Waals surface area contributed by atoms with E-state index in [1.54, 1.807) is 0 Å². The van der Waals surface area contributed by atoms with E-state index in [1.807, 2.05) is 24.3 Å². The number of hydrogen-bond donors (Lipinski definition) is 0. The molecule has 0 amide bonds. The molecule has 0 atom stereocenters.